The molecule has 0 aliphatic rings. The lowest BCUT2D eigenvalue weighted by Crippen LogP contribution is -2.02. The van der Waals surface area contributed by atoms with Crippen LogP contribution >= 0.6 is 0 Å². The van der Waals surface area contributed by atoms with Crippen molar-refractivity contribution >= 4 is 22.4 Å². The minimum Gasteiger partial charge on any atom is -0.497 e. The summed E-state index contributed by atoms with van der Waals surface area (Å²) in [4.78, 5) is 16.8. The van der Waals surface area contributed by atoms with E-state index in [1.165, 1.54) is 0 Å². The molecule has 1 aromatic heterocycles. The first-order valence-corrected chi connectivity index (χ1v) is 8.92. The number of benzene rings is 3. The maximum atomic E-state index is 13.4. The molecule has 0 atom stereocenters. The van der Waals surface area contributed by atoms with Crippen LogP contribution in [0.3, 0.4) is 0 Å². The van der Waals surface area contributed by atoms with Crippen LogP contribution in [0.2, 0.25) is 0 Å². The van der Waals surface area contributed by atoms with Crippen LogP contribution in [-0.4, -0.2) is 20.0 Å². The molecule has 0 bridgehead atoms. The molecule has 0 amide bonds. The van der Waals surface area contributed by atoms with E-state index in [0.29, 0.717) is 45.0 Å². The van der Waals surface area contributed by atoms with Crippen LogP contribution in [0.15, 0.2) is 71.1 Å². The summed E-state index contributed by atoms with van der Waals surface area (Å²) in [7, 11) is 3.18. The molecule has 0 fully saturated rings. The third-order valence-electron chi connectivity index (χ3n) is 4.74. The molecule has 1 heterocycles. The Morgan fingerprint density at radius 3 is 2.17 bits per heavy atom. The highest BCUT2D eigenvalue weighted by molar-refractivity contribution is 6.19. The topological polar surface area (TPSA) is 53.0 Å². The predicted octanol–water partition coefficient (Wildman–Crippen LogP) is 5.90. The Bertz CT molecular complexity index is 1230. The molecular formula is C24H17NO4. The molecule has 0 unspecified atom stereocenters. The molecule has 0 saturated heterocycles. The Balaban J connectivity index is 1.91. The molecule has 0 aliphatic heterocycles. The summed E-state index contributed by atoms with van der Waals surface area (Å²) in [5, 5.41) is 0.705. The lowest BCUT2D eigenvalue weighted by Gasteiger charge is -2.05. The molecule has 0 N–H and O–H groups in total. The molecule has 0 saturated carbocycles. The Morgan fingerprint density at radius 2 is 1.55 bits per heavy atom. The van der Waals surface area contributed by atoms with Crippen LogP contribution in [0.4, 0.5) is 5.69 Å². The number of hydrogen-bond acceptors (Lipinski definition) is 4. The molecule has 29 heavy (non-hydrogen) atoms. The third-order valence-corrected chi connectivity index (χ3v) is 4.74. The van der Waals surface area contributed by atoms with Gasteiger partial charge in [0.05, 0.1) is 26.4 Å². The number of hydrogen-bond donors (Lipinski definition) is 0. The van der Waals surface area contributed by atoms with Crippen LogP contribution in [-0.2, 0) is 0 Å². The second-order valence-corrected chi connectivity index (χ2v) is 6.38. The summed E-state index contributed by atoms with van der Waals surface area (Å²) in [5.74, 6) is 1.67. The summed E-state index contributed by atoms with van der Waals surface area (Å²) in [6, 6.07) is 19.3. The first-order chi connectivity index (χ1) is 14.1. The van der Waals surface area contributed by atoms with Crippen molar-refractivity contribution in [3.05, 3.63) is 89.3 Å². The Morgan fingerprint density at radius 1 is 0.897 bits per heavy atom. The van der Waals surface area contributed by atoms with Gasteiger partial charge in [0.15, 0.2) is 11.5 Å². The predicted molar refractivity (Wildman–Crippen MR) is 111 cm³/mol. The number of methoxy groups -OCH3 is 2. The van der Waals surface area contributed by atoms with Crippen LogP contribution < -0.4 is 9.47 Å². The number of nitrogens with zero attached hydrogens (tertiary/aromatic N) is 1. The number of ketones is 1. The van der Waals surface area contributed by atoms with E-state index in [1.807, 2.05) is 30.3 Å². The van der Waals surface area contributed by atoms with E-state index in [0.717, 1.165) is 5.56 Å². The molecule has 0 spiro atoms. The van der Waals surface area contributed by atoms with Gasteiger partial charge in [0.2, 0.25) is 0 Å². The molecule has 3 aromatic carbocycles. The van der Waals surface area contributed by atoms with Gasteiger partial charge < -0.3 is 13.9 Å². The number of furan rings is 1. The van der Waals surface area contributed by atoms with Gasteiger partial charge in [0, 0.05) is 22.6 Å². The van der Waals surface area contributed by atoms with E-state index >= 15 is 0 Å². The summed E-state index contributed by atoms with van der Waals surface area (Å²) >= 11 is 0. The van der Waals surface area contributed by atoms with E-state index in [1.54, 1.807) is 50.6 Å². The minimum atomic E-state index is -0.170. The first kappa shape index (κ1) is 18.3. The van der Waals surface area contributed by atoms with Crippen molar-refractivity contribution in [3.8, 4) is 22.8 Å². The molecule has 142 valence electrons. The van der Waals surface area contributed by atoms with Crippen molar-refractivity contribution in [2.75, 3.05) is 14.2 Å². The van der Waals surface area contributed by atoms with Gasteiger partial charge in [-0.05, 0) is 36.4 Å². The molecule has 5 heteroatoms. The average Bonchev–Trinajstić information content (AvgIpc) is 3.17. The van der Waals surface area contributed by atoms with Gasteiger partial charge in [-0.1, -0.05) is 24.3 Å². The lowest BCUT2D eigenvalue weighted by molar-refractivity contribution is 0.104. The quantitative estimate of drug-likeness (QED) is 0.318. The first-order valence-electron chi connectivity index (χ1n) is 8.92. The summed E-state index contributed by atoms with van der Waals surface area (Å²) in [5.41, 5.74) is 2.78. The zero-order chi connectivity index (χ0) is 20.4. The van der Waals surface area contributed by atoms with Crippen molar-refractivity contribution in [2.45, 2.75) is 0 Å². The second kappa shape index (κ2) is 7.53. The van der Waals surface area contributed by atoms with E-state index < -0.39 is 0 Å². The number of rotatable bonds is 5. The SMILES string of the molecule is [C-]#[N+]c1ccc(C(=O)c2c(-c3ccc(OC)cc3)oc3cc(OC)ccc23)cc1. The molecule has 5 nitrogen and oxygen atoms in total. The number of ether oxygens (including phenoxy) is 2. The fourth-order valence-electron chi connectivity index (χ4n) is 3.21. The highest BCUT2D eigenvalue weighted by atomic mass is 16.5. The smallest absolute Gasteiger partial charge is 0.197 e. The highest BCUT2D eigenvalue weighted by Gasteiger charge is 2.23. The van der Waals surface area contributed by atoms with Gasteiger partial charge >= 0.3 is 0 Å². The van der Waals surface area contributed by atoms with Crippen molar-refractivity contribution in [3.63, 3.8) is 0 Å². The Kier molecular flexibility index (Phi) is 4.76. The zero-order valence-corrected chi connectivity index (χ0v) is 15.9. The summed E-state index contributed by atoms with van der Waals surface area (Å²) < 4.78 is 16.6. The monoisotopic (exact) mass is 383 g/mol. The highest BCUT2D eigenvalue weighted by Crippen LogP contribution is 2.37. The summed E-state index contributed by atoms with van der Waals surface area (Å²) in [6.45, 7) is 7.09. The van der Waals surface area contributed by atoms with E-state index in [2.05, 4.69) is 4.85 Å². The fraction of sp³-hybridized carbons (Fsp3) is 0.0833. The molecule has 0 radical (unpaired) electrons. The molecule has 0 aliphatic carbocycles. The van der Waals surface area contributed by atoms with Crippen molar-refractivity contribution < 1.29 is 18.7 Å². The van der Waals surface area contributed by atoms with Crippen LogP contribution in [0.5, 0.6) is 11.5 Å². The van der Waals surface area contributed by atoms with Gasteiger partial charge in [0.1, 0.15) is 22.8 Å². The number of carbonyl (C=O) groups excluding carboxylic acids is 1. The lowest BCUT2D eigenvalue weighted by atomic mass is 9.97. The number of carbonyl (C=O) groups is 1. The normalized spacial score (nSPS) is 10.5. The molecular weight excluding hydrogens is 366 g/mol. The zero-order valence-electron chi connectivity index (χ0n) is 15.9. The van der Waals surface area contributed by atoms with Crippen LogP contribution in [0, 0.1) is 6.57 Å². The maximum Gasteiger partial charge on any atom is 0.197 e. The van der Waals surface area contributed by atoms with E-state index in [4.69, 9.17) is 20.5 Å². The van der Waals surface area contributed by atoms with E-state index in [-0.39, 0.29) is 5.78 Å². The Hall–Kier alpha value is -4.04. The van der Waals surface area contributed by atoms with Gasteiger partial charge in [0.25, 0.3) is 0 Å². The maximum absolute atomic E-state index is 13.4. The molecule has 4 rings (SSSR count). The molecule has 4 aromatic rings. The second-order valence-electron chi connectivity index (χ2n) is 6.38. The van der Waals surface area contributed by atoms with Gasteiger partial charge in [-0.25, -0.2) is 4.85 Å². The third kappa shape index (κ3) is 3.32. The van der Waals surface area contributed by atoms with Crippen LogP contribution in [0.1, 0.15) is 15.9 Å². The minimum absolute atomic E-state index is 0.170. The summed E-state index contributed by atoms with van der Waals surface area (Å²) in [6.07, 6.45) is 0. The van der Waals surface area contributed by atoms with Crippen molar-refractivity contribution in [1.82, 2.24) is 0 Å². The van der Waals surface area contributed by atoms with Crippen LogP contribution in [0.25, 0.3) is 27.1 Å². The van der Waals surface area contributed by atoms with Gasteiger partial charge in [-0.3, -0.25) is 4.79 Å². The average molecular weight is 383 g/mol. The van der Waals surface area contributed by atoms with Crippen molar-refractivity contribution in [2.24, 2.45) is 0 Å². The number of fused-ring (bicyclic) bond motifs is 1. The fourth-order valence-corrected chi connectivity index (χ4v) is 3.21. The standard InChI is InChI=1S/C24H17NO4/c1-25-17-8-4-15(5-9-17)23(26)22-20-13-12-19(28-3)14-21(20)29-24(22)16-6-10-18(27-2)11-7-16/h4-14H,2-3H3. The van der Waals surface area contributed by atoms with E-state index in [9.17, 15) is 4.79 Å². The van der Waals surface area contributed by atoms with Gasteiger partial charge in [-0.15, -0.1) is 0 Å². The largest absolute Gasteiger partial charge is 0.497 e. The van der Waals surface area contributed by atoms with Gasteiger partial charge in [-0.2, -0.15) is 0 Å². The van der Waals surface area contributed by atoms with Crippen molar-refractivity contribution in [1.29, 1.82) is 0 Å². The Labute approximate surface area is 167 Å².